The Morgan fingerprint density at radius 1 is 0.714 bits per heavy atom. The summed E-state index contributed by atoms with van der Waals surface area (Å²) in [6, 6.07) is 22.7. The summed E-state index contributed by atoms with van der Waals surface area (Å²) >= 11 is 0. The first-order valence-electron chi connectivity index (χ1n) is 8.77. The van der Waals surface area contributed by atoms with Gasteiger partial charge < -0.3 is 9.84 Å². The number of aliphatic hydroxyl groups is 1. The van der Waals surface area contributed by atoms with E-state index in [4.69, 9.17) is 9.84 Å². The number of aliphatic hydroxyl groups excluding tert-OH is 1. The molecule has 144 valence electrons. The second kappa shape index (κ2) is 8.76. The predicted molar refractivity (Wildman–Crippen MR) is 104 cm³/mol. The van der Waals surface area contributed by atoms with Crippen LogP contribution in [0.5, 0.6) is 5.75 Å². The summed E-state index contributed by atoms with van der Waals surface area (Å²) in [5.41, 5.74) is 0.423. The Kier molecular flexibility index (Phi) is 6.16. The third-order valence-electron chi connectivity index (χ3n) is 4.16. The van der Waals surface area contributed by atoms with Gasteiger partial charge in [0.2, 0.25) is 0 Å². The largest absolute Gasteiger partial charge is 0.491 e. The van der Waals surface area contributed by atoms with Crippen molar-refractivity contribution in [1.29, 1.82) is 0 Å². The summed E-state index contributed by atoms with van der Waals surface area (Å²) in [4.78, 5) is 0. The average molecular weight is 384 g/mol. The highest BCUT2D eigenvalue weighted by atomic mass is 19.4. The number of ether oxygens (including phenoxy) is 1. The Morgan fingerprint density at radius 2 is 1.21 bits per heavy atom. The summed E-state index contributed by atoms with van der Waals surface area (Å²) in [5, 5.41) is 8.85. The zero-order chi connectivity index (χ0) is 20.0. The molecule has 2 nitrogen and oxygen atoms in total. The number of benzene rings is 3. The molecular weight excluding hydrogens is 365 g/mol. The molecule has 0 radical (unpaired) electrons. The van der Waals surface area contributed by atoms with E-state index in [1.807, 2.05) is 0 Å². The average Bonchev–Trinajstić information content (AvgIpc) is 2.71. The summed E-state index contributed by atoms with van der Waals surface area (Å²) in [6.45, 7) is -0.0122. The van der Waals surface area contributed by atoms with Crippen LogP contribution in [-0.2, 0) is 0 Å². The number of hydrogen-bond donors (Lipinski definition) is 1. The first kappa shape index (κ1) is 19.7. The van der Waals surface area contributed by atoms with Gasteiger partial charge in [0.05, 0.1) is 12.2 Å². The summed E-state index contributed by atoms with van der Waals surface area (Å²) < 4.78 is 47.8. The van der Waals surface area contributed by atoms with Crippen molar-refractivity contribution in [2.24, 2.45) is 0 Å². The Morgan fingerprint density at radius 3 is 1.71 bits per heavy atom. The number of hydrogen-bond acceptors (Lipinski definition) is 2. The highest BCUT2D eigenvalue weighted by Crippen LogP contribution is 2.42. The van der Waals surface area contributed by atoms with E-state index >= 15 is 0 Å². The molecule has 3 rings (SSSR count). The van der Waals surface area contributed by atoms with Crippen LogP contribution in [-0.4, -0.2) is 24.5 Å². The van der Waals surface area contributed by atoms with Gasteiger partial charge in [0, 0.05) is 5.57 Å². The molecule has 3 aromatic carbocycles. The number of allylic oxidation sites excluding steroid dienone is 1. The molecule has 0 bridgehead atoms. The molecule has 1 N–H and O–H groups in total. The molecule has 0 aliphatic carbocycles. The van der Waals surface area contributed by atoms with E-state index in [1.165, 1.54) is 12.1 Å². The number of halogens is 3. The van der Waals surface area contributed by atoms with Gasteiger partial charge in [0.25, 0.3) is 0 Å². The molecule has 0 atom stereocenters. The minimum absolute atomic E-state index is 0.105. The molecule has 0 saturated heterocycles. The van der Waals surface area contributed by atoms with E-state index in [-0.39, 0.29) is 24.4 Å². The highest BCUT2D eigenvalue weighted by Gasteiger charge is 2.38. The first-order valence-corrected chi connectivity index (χ1v) is 8.77. The van der Waals surface area contributed by atoms with Crippen molar-refractivity contribution in [3.05, 3.63) is 102 Å². The lowest BCUT2D eigenvalue weighted by molar-refractivity contribution is -0.0685. The predicted octanol–water partition coefficient (Wildman–Crippen LogP) is 5.58. The van der Waals surface area contributed by atoms with Gasteiger partial charge >= 0.3 is 6.18 Å². The Hall–Kier alpha value is -3.05. The van der Waals surface area contributed by atoms with Crippen LogP contribution >= 0.6 is 0 Å². The lowest BCUT2D eigenvalue weighted by Gasteiger charge is -2.20. The van der Waals surface area contributed by atoms with Crippen LogP contribution in [0.15, 0.2) is 84.9 Å². The first-order chi connectivity index (χ1) is 13.5. The van der Waals surface area contributed by atoms with Gasteiger partial charge in [-0.2, -0.15) is 13.2 Å². The molecule has 28 heavy (non-hydrogen) atoms. The van der Waals surface area contributed by atoms with Crippen molar-refractivity contribution in [2.75, 3.05) is 13.2 Å². The van der Waals surface area contributed by atoms with Crippen molar-refractivity contribution < 1.29 is 23.0 Å². The van der Waals surface area contributed by atoms with Crippen LogP contribution in [0.3, 0.4) is 0 Å². The fraction of sp³-hybridized carbons (Fsp3) is 0.130. The molecule has 0 spiro atoms. The van der Waals surface area contributed by atoms with E-state index < -0.39 is 11.7 Å². The van der Waals surface area contributed by atoms with Crippen LogP contribution in [0.25, 0.3) is 11.1 Å². The van der Waals surface area contributed by atoms with Crippen LogP contribution in [0, 0.1) is 0 Å². The van der Waals surface area contributed by atoms with Gasteiger partial charge in [-0.05, 0) is 28.8 Å². The van der Waals surface area contributed by atoms with Crippen molar-refractivity contribution in [3.63, 3.8) is 0 Å². The Balaban J connectivity index is 2.22. The van der Waals surface area contributed by atoms with E-state index in [2.05, 4.69) is 0 Å². The molecule has 0 aliphatic rings. The smallest absolute Gasteiger partial charge is 0.417 e. The summed E-state index contributed by atoms with van der Waals surface area (Å²) in [6.07, 6.45) is -4.54. The minimum atomic E-state index is -4.54. The maximum atomic E-state index is 14.2. The molecule has 3 aromatic rings. The Bertz CT molecular complexity index is 916. The van der Waals surface area contributed by atoms with Gasteiger partial charge in [-0.15, -0.1) is 0 Å². The molecule has 0 aliphatic heterocycles. The maximum Gasteiger partial charge on any atom is 0.417 e. The van der Waals surface area contributed by atoms with E-state index in [1.54, 1.807) is 72.8 Å². The van der Waals surface area contributed by atoms with Crippen molar-refractivity contribution in [2.45, 2.75) is 6.18 Å². The lowest BCUT2D eigenvalue weighted by atomic mass is 9.89. The molecular formula is C23H19F3O2. The third-order valence-corrected chi connectivity index (χ3v) is 4.16. The third kappa shape index (κ3) is 4.61. The van der Waals surface area contributed by atoms with Gasteiger partial charge in [-0.3, -0.25) is 0 Å². The van der Waals surface area contributed by atoms with Crippen LogP contribution < -0.4 is 4.74 Å². The zero-order valence-electron chi connectivity index (χ0n) is 15.0. The maximum absolute atomic E-state index is 14.2. The second-order valence-corrected chi connectivity index (χ2v) is 6.08. The van der Waals surface area contributed by atoms with Gasteiger partial charge in [0.15, 0.2) is 0 Å². The molecule has 0 unspecified atom stereocenters. The monoisotopic (exact) mass is 384 g/mol. The quantitative estimate of drug-likeness (QED) is 0.562. The summed E-state index contributed by atoms with van der Waals surface area (Å²) in [5.74, 6) is 0.485. The zero-order valence-corrected chi connectivity index (χ0v) is 15.0. The lowest BCUT2D eigenvalue weighted by Crippen LogP contribution is -2.14. The van der Waals surface area contributed by atoms with E-state index in [0.29, 0.717) is 16.9 Å². The summed E-state index contributed by atoms with van der Waals surface area (Å²) in [7, 11) is 0. The molecule has 0 heterocycles. The fourth-order valence-electron chi connectivity index (χ4n) is 3.00. The SMILES string of the molecule is OCCOc1ccc(C(=C(c2ccccc2)C(F)(F)F)c2ccccc2)cc1. The number of alkyl halides is 3. The standard InChI is InChI=1S/C23H19F3O2/c24-23(25,26)22(19-9-5-2-6-10-19)21(17-7-3-1-4-8-17)18-11-13-20(14-12-18)28-16-15-27/h1-14,27H,15-16H2. The molecule has 0 amide bonds. The normalized spacial score (nSPS) is 12.4. The van der Waals surface area contributed by atoms with Crippen molar-refractivity contribution in [3.8, 4) is 5.75 Å². The minimum Gasteiger partial charge on any atom is -0.491 e. The van der Waals surface area contributed by atoms with Gasteiger partial charge in [-0.1, -0.05) is 72.8 Å². The fourth-order valence-corrected chi connectivity index (χ4v) is 3.00. The van der Waals surface area contributed by atoms with E-state index in [9.17, 15) is 13.2 Å². The topological polar surface area (TPSA) is 29.5 Å². The van der Waals surface area contributed by atoms with Crippen LogP contribution in [0.4, 0.5) is 13.2 Å². The van der Waals surface area contributed by atoms with Crippen LogP contribution in [0.2, 0.25) is 0 Å². The highest BCUT2D eigenvalue weighted by molar-refractivity contribution is 6.00. The van der Waals surface area contributed by atoms with Gasteiger partial charge in [-0.25, -0.2) is 0 Å². The van der Waals surface area contributed by atoms with E-state index in [0.717, 1.165) is 0 Å². The van der Waals surface area contributed by atoms with Crippen molar-refractivity contribution in [1.82, 2.24) is 0 Å². The molecule has 0 saturated carbocycles. The Labute approximate surface area is 161 Å². The molecule has 0 fully saturated rings. The number of rotatable bonds is 6. The van der Waals surface area contributed by atoms with Crippen LogP contribution in [0.1, 0.15) is 16.7 Å². The van der Waals surface area contributed by atoms with Gasteiger partial charge in [0.1, 0.15) is 12.4 Å². The molecule has 0 aromatic heterocycles. The van der Waals surface area contributed by atoms with Crippen molar-refractivity contribution >= 4 is 11.1 Å². The molecule has 5 heteroatoms. The second-order valence-electron chi connectivity index (χ2n) is 6.08.